The maximum absolute atomic E-state index is 12.3. The number of furan rings is 2. The first-order chi connectivity index (χ1) is 17.6. The average Bonchev–Trinajstić information content (AvgIpc) is 3.59. The quantitative estimate of drug-likeness (QED) is 0.264. The molecule has 0 unspecified atom stereocenters. The highest BCUT2D eigenvalue weighted by Gasteiger charge is 2.19. The Morgan fingerprint density at radius 2 is 1.83 bits per heavy atom. The second-order valence-electron chi connectivity index (χ2n) is 8.72. The lowest BCUT2D eigenvalue weighted by Crippen LogP contribution is -2.46. The van der Waals surface area contributed by atoms with Crippen molar-refractivity contribution in [2.45, 2.75) is 30.9 Å². The summed E-state index contributed by atoms with van der Waals surface area (Å²) in [5, 5.41) is 3.49. The number of carbonyl (C=O) groups is 1. The summed E-state index contributed by atoms with van der Waals surface area (Å²) in [4.78, 5) is 26.5. The van der Waals surface area contributed by atoms with Crippen LogP contribution in [0.25, 0.3) is 0 Å². The summed E-state index contributed by atoms with van der Waals surface area (Å²) in [5.41, 5.74) is 2.28. The van der Waals surface area contributed by atoms with Crippen molar-refractivity contribution in [3.63, 3.8) is 0 Å². The molecule has 5 rings (SSSR count). The third-order valence-electron chi connectivity index (χ3n) is 6.00. The van der Waals surface area contributed by atoms with Gasteiger partial charge in [0.05, 0.1) is 18.6 Å². The van der Waals surface area contributed by atoms with E-state index < -0.39 is 0 Å². The zero-order valence-corrected chi connectivity index (χ0v) is 21.0. The Morgan fingerprint density at radius 3 is 2.61 bits per heavy atom. The van der Waals surface area contributed by atoms with Crippen molar-refractivity contribution in [2.24, 2.45) is 0 Å². The third-order valence-corrected chi connectivity index (χ3v) is 6.87. The van der Waals surface area contributed by atoms with E-state index in [1.54, 1.807) is 18.4 Å². The summed E-state index contributed by atoms with van der Waals surface area (Å²) < 4.78 is 11.0. The third kappa shape index (κ3) is 6.35. The van der Waals surface area contributed by atoms with Gasteiger partial charge in [0.15, 0.2) is 10.9 Å². The molecule has 8 nitrogen and oxygen atoms in total. The molecule has 1 aliphatic heterocycles. The lowest BCUT2D eigenvalue weighted by molar-refractivity contribution is 0.0919. The summed E-state index contributed by atoms with van der Waals surface area (Å²) in [7, 11) is 0. The summed E-state index contributed by atoms with van der Waals surface area (Å²) in [6.45, 7) is 7.15. The molecule has 1 fully saturated rings. The smallest absolute Gasteiger partial charge is 0.287 e. The van der Waals surface area contributed by atoms with Gasteiger partial charge >= 0.3 is 0 Å². The Balaban J connectivity index is 1.13. The summed E-state index contributed by atoms with van der Waals surface area (Å²) in [5.74, 6) is 2.89. The number of rotatable bonds is 9. The highest BCUT2D eigenvalue weighted by molar-refractivity contribution is 7.98. The topological polar surface area (TPSA) is 87.6 Å². The van der Waals surface area contributed by atoms with Crippen LogP contribution in [0.4, 0.5) is 5.82 Å². The standard InChI is InChI=1S/C27H29N5O3S/c1-20-16-25(32-13-11-31(12-14-32)18-21-6-3-2-4-7-21)30-27(29-20)36-19-23-9-10-24(35-23)26(33)28-17-22-8-5-15-34-22/h2-10,15-16H,11-14,17-19H2,1H3,(H,28,33). The van der Waals surface area contributed by atoms with E-state index in [1.165, 1.54) is 17.3 Å². The number of carbonyl (C=O) groups excluding carboxylic acids is 1. The Labute approximate surface area is 214 Å². The maximum atomic E-state index is 12.3. The number of aromatic nitrogens is 2. The van der Waals surface area contributed by atoms with Gasteiger partial charge in [-0.1, -0.05) is 42.1 Å². The van der Waals surface area contributed by atoms with Gasteiger partial charge in [0.2, 0.25) is 0 Å². The molecule has 0 bridgehead atoms. The molecule has 1 aliphatic rings. The molecule has 9 heteroatoms. The molecule has 1 N–H and O–H groups in total. The van der Waals surface area contributed by atoms with Crippen molar-refractivity contribution < 1.29 is 13.6 Å². The van der Waals surface area contributed by atoms with E-state index in [4.69, 9.17) is 13.8 Å². The molecule has 0 spiro atoms. The molecule has 1 amide bonds. The first-order valence-corrected chi connectivity index (χ1v) is 13.0. The molecular formula is C27H29N5O3S. The van der Waals surface area contributed by atoms with Crippen LogP contribution in [0, 0.1) is 6.92 Å². The molecule has 4 aromatic rings. The molecule has 0 radical (unpaired) electrons. The van der Waals surface area contributed by atoms with Crippen LogP contribution >= 0.6 is 11.8 Å². The predicted octanol–water partition coefficient (Wildman–Crippen LogP) is 4.52. The molecule has 36 heavy (non-hydrogen) atoms. The Hall–Kier alpha value is -3.56. The van der Waals surface area contributed by atoms with Crippen LogP contribution < -0.4 is 10.2 Å². The minimum atomic E-state index is -0.275. The number of piperazine rings is 1. The number of hydrogen-bond donors (Lipinski definition) is 1. The zero-order valence-electron chi connectivity index (χ0n) is 20.2. The first-order valence-electron chi connectivity index (χ1n) is 12.0. The molecular weight excluding hydrogens is 474 g/mol. The van der Waals surface area contributed by atoms with E-state index in [1.807, 2.05) is 25.1 Å². The lowest BCUT2D eigenvalue weighted by atomic mass is 10.2. The van der Waals surface area contributed by atoms with E-state index >= 15 is 0 Å². The predicted molar refractivity (Wildman–Crippen MR) is 139 cm³/mol. The zero-order chi connectivity index (χ0) is 24.7. The number of amides is 1. The summed E-state index contributed by atoms with van der Waals surface area (Å²) in [6, 6.07) is 19.7. The number of nitrogens with one attached hydrogen (secondary N) is 1. The van der Waals surface area contributed by atoms with Crippen molar-refractivity contribution in [2.75, 3.05) is 31.1 Å². The van der Waals surface area contributed by atoms with Crippen molar-refractivity contribution in [1.29, 1.82) is 0 Å². The van der Waals surface area contributed by atoms with Crippen molar-refractivity contribution in [3.8, 4) is 0 Å². The first kappa shape index (κ1) is 24.1. The molecule has 1 saturated heterocycles. The van der Waals surface area contributed by atoms with Crippen LogP contribution in [0.3, 0.4) is 0 Å². The lowest BCUT2D eigenvalue weighted by Gasteiger charge is -2.35. The van der Waals surface area contributed by atoms with Gasteiger partial charge in [-0.25, -0.2) is 9.97 Å². The minimum Gasteiger partial charge on any atom is -0.467 e. The SMILES string of the molecule is Cc1cc(N2CCN(Cc3ccccc3)CC2)nc(SCc2ccc(C(=O)NCc3ccco3)o2)n1. The van der Waals surface area contributed by atoms with Gasteiger partial charge in [-0.3, -0.25) is 9.69 Å². The Kier molecular flexibility index (Phi) is 7.68. The molecule has 1 aromatic carbocycles. The molecule has 186 valence electrons. The molecule has 0 aliphatic carbocycles. The van der Waals surface area contributed by atoms with Crippen LogP contribution in [-0.4, -0.2) is 47.0 Å². The van der Waals surface area contributed by atoms with Crippen LogP contribution in [0.1, 0.15) is 33.3 Å². The van der Waals surface area contributed by atoms with Crippen LogP contribution in [-0.2, 0) is 18.8 Å². The molecule has 0 saturated carbocycles. The largest absolute Gasteiger partial charge is 0.467 e. The molecule has 3 aromatic heterocycles. The highest BCUT2D eigenvalue weighted by Crippen LogP contribution is 2.24. The van der Waals surface area contributed by atoms with E-state index in [-0.39, 0.29) is 11.7 Å². The second kappa shape index (κ2) is 11.5. The fourth-order valence-electron chi connectivity index (χ4n) is 4.11. The van der Waals surface area contributed by atoms with E-state index in [9.17, 15) is 4.79 Å². The number of nitrogens with zero attached hydrogens (tertiary/aromatic N) is 4. The van der Waals surface area contributed by atoms with Crippen molar-refractivity contribution >= 4 is 23.5 Å². The number of anilines is 1. The maximum Gasteiger partial charge on any atom is 0.287 e. The number of aryl methyl sites for hydroxylation is 1. The monoisotopic (exact) mass is 503 g/mol. The van der Waals surface area contributed by atoms with Crippen LogP contribution in [0.15, 0.2) is 80.9 Å². The van der Waals surface area contributed by atoms with Gasteiger partial charge in [-0.15, -0.1) is 0 Å². The van der Waals surface area contributed by atoms with Gasteiger partial charge in [-0.05, 0) is 36.8 Å². The van der Waals surface area contributed by atoms with Gasteiger partial charge in [0, 0.05) is 44.5 Å². The molecule has 0 atom stereocenters. The number of hydrogen-bond acceptors (Lipinski definition) is 8. The average molecular weight is 504 g/mol. The number of benzene rings is 1. The van der Waals surface area contributed by atoms with Crippen molar-refractivity contribution in [1.82, 2.24) is 20.2 Å². The van der Waals surface area contributed by atoms with Gasteiger partial charge in [0.1, 0.15) is 17.3 Å². The highest BCUT2D eigenvalue weighted by atomic mass is 32.2. The summed E-state index contributed by atoms with van der Waals surface area (Å²) >= 11 is 1.50. The Morgan fingerprint density at radius 1 is 1.00 bits per heavy atom. The summed E-state index contributed by atoms with van der Waals surface area (Å²) in [6.07, 6.45) is 1.58. The fraction of sp³-hybridized carbons (Fsp3) is 0.296. The Bertz CT molecular complexity index is 1270. The van der Waals surface area contributed by atoms with Crippen molar-refractivity contribution in [3.05, 3.63) is 95.5 Å². The van der Waals surface area contributed by atoms with Crippen LogP contribution in [0.2, 0.25) is 0 Å². The fourth-order valence-corrected chi connectivity index (χ4v) is 4.90. The molecule has 4 heterocycles. The van der Waals surface area contributed by atoms with Gasteiger partial charge < -0.3 is 19.1 Å². The number of thioether (sulfide) groups is 1. The van der Waals surface area contributed by atoms with Crippen LogP contribution in [0.5, 0.6) is 0 Å². The second-order valence-corrected chi connectivity index (χ2v) is 9.66. The van der Waals surface area contributed by atoms with E-state index in [2.05, 4.69) is 50.4 Å². The minimum absolute atomic E-state index is 0.274. The van der Waals surface area contributed by atoms with E-state index in [0.717, 1.165) is 44.2 Å². The van der Waals surface area contributed by atoms with Gasteiger partial charge in [-0.2, -0.15) is 0 Å². The normalized spacial score (nSPS) is 14.2. The van der Waals surface area contributed by atoms with Gasteiger partial charge in [0.25, 0.3) is 5.91 Å². The van der Waals surface area contributed by atoms with E-state index in [0.29, 0.717) is 29.0 Å².